The molecule has 0 radical (unpaired) electrons. The third-order valence-corrected chi connectivity index (χ3v) is 5.38. The minimum Gasteiger partial charge on any atom is -0.493 e. The van der Waals surface area contributed by atoms with E-state index in [0.717, 1.165) is 11.1 Å². The van der Waals surface area contributed by atoms with Gasteiger partial charge >= 0.3 is 0 Å². The van der Waals surface area contributed by atoms with E-state index < -0.39 is 6.04 Å². The third-order valence-electron chi connectivity index (χ3n) is 5.38. The molecular formula is C26H31ClN6O4. The number of nitrogen functional groups attached to an aromatic ring is 1. The molecule has 0 aliphatic rings. The Morgan fingerprint density at radius 3 is 2.27 bits per heavy atom. The maximum Gasteiger partial charge on any atom is 0.243 e. The van der Waals surface area contributed by atoms with Gasteiger partial charge in [0, 0.05) is 24.8 Å². The van der Waals surface area contributed by atoms with Crippen molar-refractivity contribution in [3.63, 3.8) is 0 Å². The zero-order chi connectivity index (χ0) is 25.9. The molecule has 1 aromatic heterocycles. The number of nitrogens with zero attached hydrogens (tertiary/aromatic N) is 1. The lowest BCUT2D eigenvalue weighted by atomic mass is 10.1. The van der Waals surface area contributed by atoms with Gasteiger partial charge in [-0.1, -0.05) is 36.4 Å². The molecular weight excluding hydrogens is 496 g/mol. The topological polar surface area (TPSA) is 151 Å². The van der Waals surface area contributed by atoms with Gasteiger partial charge in [-0.15, -0.1) is 12.4 Å². The summed E-state index contributed by atoms with van der Waals surface area (Å²) >= 11 is 0. The molecule has 0 aliphatic carbocycles. The van der Waals surface area contributed by atoms with E-state index in [9.17, 15) is 9.59 Å². The van der Waals surface area contributed by atoms with Crippen LogP contribution in [0, 0.1) is 5.41 Å². The number of amides is 2. The molecule has 37 heavy (non-hydrogen) atoms. The van der Waals surface area contributed by atoms with E-state index in [1.165, 1.54) is 0 Å². The number of pyridine rings is 1. The van der Waals surface area contributed by atoms with Crippen molar-refractivity contribution in [3.8, 4) is 11.5 Å². The molecule has 1 unspecified atom stereocenters. The molecule has 0 fully saturated rings. The molecule has 11 heteroatoms. The highest BCUT2D eigenvalue weighted by molar-refractivity contribution is 5.94. The van der Waals surface area contributed by atoms with Crippen LogP contribution in [0.1, 0.15) is 28.4 Å². The number of ether oxygens (including phenoxy) is 2. The van der Waals surface area contributed by atoms with Gasteiger partial charge in [0.1, 0.15) is 11.9 Å². The fourth-order valence-corrected chi connectivity index (χ4v) is 3.42. The number of rotatable bonds is 12. The average molecular weight is 527 g/mol. The number of carbonyl (C=O) groups is 2. The lowest BCUT2D eigenvalue weighted by Crippen LogP contribution is -2.42. The number of amidine groups is 1. The van der Waals surface area contributed by atoms with Crippen LogP contribution in [0.25, 0.3) is 0 Å². The van der Waals surface area contributed by atoms with Crippen molar-refractivity contribution in [3.05, 3.63) is 89.2 Å². The standard InChI is InChI=1S/C26H30N6O4.ClH/c1-35-21-11-8-18(13-22(21)36-2)15-30-23(33)16-32-26(34)24(20-5-3-4-12-29-20)31-14-17-6-9-19(10-7-17)25(27)28;/h3-13,24,31H,14-16H2,1-2H3,(H3,27,28)(H,30,33)(H,32,34);1H. The van der Waals surface area contributed by atoms with Crippen LogP contribution < -0.4 is 31.2 Å². The lowest BCUT2D eigenvalue weighted by molar-refractivity contribution is -0.127. The smallest absolute Gasteiger partial charge is 0.243 e. The predicted octanol–water partition coefficient (Wildman–Crippen LogP) is 2.07. The zero-order valence-corrected chi connectivity index (χ0v) is 21.4. The van der Waals surface area contributed by atoms with Gasteiger partial charge in [-0.05, 0) is 35.4 Å². The summed E-state index contributed by atoms with van der Waals surface area (Å²) in [5, 5.41) is 16.1. The second kappa shape index (κ2) is 14.4. The molecule has 0 bridgehead atoms. The van der Waals surface area contributed by atoms with Crippen LogP contribution in [0.15, 0.2) is 66.9 Å². The number of carbonyl (C=O) groups excluding carboxylic acids is 2. The van der Waals surface area contributed by atoms with Crippen LogP contribution in [0.5, 0.6) is 11.5 Å². The predicted molar refractivity (Wildman–Crippen MR) is 143 cm³/mol. The summed E-state index contributed by atoms with van der Waals surface area (Å²) in [5.41, 5.74) is 8.39. The van der Waals surface area contributed by atoms with E-state index in [-0.39, 0.29) is 43.1 Å². The van der Waals surface area contributed by atoms with E-state index in [1.54, 1.807) is 62.9 Å². The normalized spacial score (nSPS) is 11.0. The quantitative estimate of drug-likeness (QED) is 0.179. The maximum atomic E-state index is 13.0. The van der Waals surface area contributed by atoms with E-state index >= 15 is 0 Å². The summed E-state index contributed by atoms with van der Waals surface area (Å²) < 4.78 is 10.5. The summed E-state index contributed by atoms with van der Waals surface area (Å²) in [6.45, 7) is 0.454. The van der Waals surface area contributed by atoms with E-state index in [0.29, 0.717) is 29.3 Å². The van der Waals surface area contributed by atoms with Crippen LogP contribution in [-0.4, -0.2) is 43.4 Å². The number of nitrogens with one attached hydrogen (secondary N) is 4. The summed E-state index contributed by atoms with van der Waals surface area (Å²) in [6, 6.07) is 17.1. The minimum atomic E-state index is -0.766. The van der Waals surface area contributed by atoms with Crippen LogP contribution in [0.2, 0.25) is 0 Å². The number of hydrogen-bond donors (Lipinski definition) is 5. The monoisotopic (exact) mass is 526 g/mol. The molecule has 0 spiro atoms. The molecule has 6 N–H and O–H groups in total. The van der Waals surface area contributed by atoms with Crippen molar-refractivity contribution in [1.82, 2.24) is 20.9 Å². The first kappa shape index (κ1) is 29.1. The lowest BCUT2D eigenvalue weighted by Gasteiger charge is -2.18. The Labute approximate surface area is 221 Å². The number of halogens is 1. The molecule has 10 nitrogen and oxygen atoms in total. The molecule has 196 valence electrons. The van der Waals surface area contributed by atoms with Crippen LogP contribution in [0.4, 0.5) is 0 Å². The highest BCUT2D eigenvalue weighted by Crippen LogP contribution is 2.27. The van der Waals surface area contributed by atoms with Crippen LogP contribution in [0.3, 0.4) is 0 Å². The molecule has 2 aromatic carbocycles. The van der Waals surface area contributed by atoms with E-state index in [1.807, 2.05) is 18.2 Å². The molecule has 1 atom stereocenters. The fourth-order valence-electron chi connectivity index (χ4n) is 3.42. The molecule has 0 saturated carbocycles. The zero-order valence-electron chi connectivity index (χ0n) is 20.6. The SMILES string of the molecule is COc1ccc(CNC(=O)CNC(=O)C(NCc2ccc(C(=N)N)cc2)c2ccccn2)cc1OC.Cl. The van der Waals surface area contributed by atoms with E-state index in [4.69, 9.17) is 20.6 Å². The second-order valence-corrected chi connectivity index (χ2v) is 7.86. The van der Waals surface area contributed by atoms with Gasteiger partial charge in [0.2, 0.25) is 11.8 Å². The average Bonchev–Trinajstić information content (AvgIpc) is 2.91. The first-order valence-electron chi connectivity index (χ1n) is 11.2. The highest BCUT2D eigenvalue weighted by Gasteiger charge is 2.22. The third kappa shape index (κ3) is 8.48. The molecule has 0 aliphatic heterocycles. The van der Waals surface area contributed by atoms with Gasteiger partial charge in [-0.3, -0.25) is 25.3 Å². The van der Waals surface area contributed by atoms with Crippen LogP contribution >= 0.6 is 12.4 Å². The molecule has 2 amide bonds. The van der Waals surface area contributed by atoms with Crippen molar-refractivity contribution >= 4 is 30.1 Å². The number of nitrogens with two attached hydrogens (primary N) is 1. The second-order valence-electron chi connectivity index (χ2n) is 7.86. The number of benzene rings is 2. The molecule has 0 saturated heterocycles. The Hall–Kier alpha value is -4.15. The van der Waals surface area contributed by atoms with Gasteiger partial charge in [0.15, 0.2) is 11.5 Å². The first-order valence-corrected chi connectivity index (χ1v) is 11.2. The molecule has 3 rings (SSSR count). The summed E-state index contributed by atoms with van der Waals surface area (Å²) in [7, 11) is 3.10. The minimum absolute atomic E-state index is 0. The Kier molecular flexibility index (Phi) is 11.3. The van der Waals surface area contributed by atoms with Crippen molar-refractivity contribution in [2.45, 2.75) is 19.1 Å². The molecule has 1 heterocycles. The largest absolute Gasteiger partial charge is 0.493 e. The Bertz CT molecular complexity index is 1190. The van der Waals surface area contributed by atoms with Crippen molar-refractivity contribution in [2.24, 2.45) is 5.73 Å². The highest BCUT2D eigenvalue weighted by atomic mass is 35.5. The number of methoxy groups -OCH3 is 2. The number of hydrogen-bond acceptors (Lipinski definition) is 7. The Morgan fingerprint density at radius 1 is 0.946 bits per heavy atom. The first-order chi connectivity index (χ1) is 17.4. The Morgan fingerprint density at radius 2 is 1.65 bits per heavy atom. The van der Waals surface area contributed by atoms with Crippen LogP contribution in [-0.2, 0) is 22.7 Å². The van der Waals surface area contributed by atoms with Crippen molar-refractivity contribution in [2.75, 3.05) is 20.8 Å². The fraction of sp³-hybridized carbons (Fsp3) is 0.231. The van der Waals surface area contributed by atoms with E-state index in [2.05, 4.69) is 20.9 Å². The Balaban J connectivity index is 0.00000481. The van der Waals surface area contributed by atoms with Crippen molar-refractivity contribution in [1.29, 1.82) is 5.41 Å². The summed E-state index contributed by atoms with van der Waals surface area (Å²) in [4.78, 5) is 29.6. The van der Waals surface area contributed by atoms with Gasteiger partial charge in [0.25, 0.3) is 0 Å². The summed E-state index contributed by atoms with van der Waals surface area (Å²) in [6.07, 6.45) is 1.61. The van der Waals surface area contributed by atoms with Crippen molar-refractivity contribution < 1.29 is 19.1 Å². The van der Waals surface area contributed by atoms with Gasteiger partial charge in [-0.25, -0.2) is 0 Å². The molecule has 3 aromatic rings. The number of aromatic nitrogens is 1. The van der Waals surface area contributed by atoms with Gasteiger partial charge in [0.05, 0.1) is 26.5 Å². The van der Waals surface area contributed by atoms with Gasteiger partial charge < -0.3 is 25.8 Å². The van der Waals surface area contributed by atoms with Gasteiger partial charge in [-0.2, -0.15) is 0 Å². The maximum absolute atomic E-state index is 13.0. The summed E-state index contributed by atoms with van der Waals surface area (Å²) in [5.74, 6) is 0.443.